The zero-order chi connectivity index (χ0) is 21.8. The smallest absolute Gasteiger partial charge is 0.274 e. The highest BCUT2D eigenvalue weighted by Gasteiger charge is 2.45. The van der Waals surface area contributed by atoms with Crippen molar-refractivity contribution in [2.75, 3.05) is 6.54 Å². The number of hydrogen-bond acceptors (Lipinski definition) is 4. The van der Waals surface area contributed by atoms with Crippen LogP contribution in [0.3, 0.4) is 0 Å². The van der Waals surface area contributed by atoms with Crippen LogP contribution in [0.4, 0.5) is 8.78 Å². The predicted molar refractivity (Wildman–Crippen MR) is 116 cm³/mol. The topological polar surface area (TPSA) is 61.9 Å². The van der Waals surface area contributed by atoms with Gasteiger partial charge in [-0.05, 0) is 44.4 Å². The van der Waals surface area contributed by atoms with Crippen LogP contribution in [-0.2, 0) is 5.54 Å². The Morgan fingerprint density at radius 3 is 2.71 bits per heavy atom. The Balaban J connectivity index is 1.57. The van der Waals surface area contributed by atoms with Crippen molar-refractivity contribution >= 4 is 28.3 Å². The summed E-state index contributed by atoms with van der Waals surface area (Å²) in [5, 5.41) is 0.810. The molecule has 5 nitrogen and oxygen atoms in total. The summed E-state index contributed by atoms with van der Waals surface area (Å²) in [7, 11) is 0. The summed E-state index contributed by atoms with van der Waals surface area (Å²) in [6, 6.07) is 12.3. The number of benzene rings is 2. The number of halogens is 2. The lowest BCUT2D eigenvalue weighted by atomic mass is 9.97. The predicted octanol–water partition coefficient (Wildman–Crippen LogP) is 5.42. The fourth-order valence-corrected chi connectivity index (χ4v) is 5.21. The molecule has 8 heteroatoms. The van der Waals surface area contributed by atoms with E-state index in [1.54, 1.807) is 4.90 Å². The first kappa shape index (κ1) is 19.8. The van der Waals surface area contributed by atoms with Crippen LogP contribution in [0.15, 0.2) is 42.5 Å². The lowest BCUT2D eigenvalue weighted by Gasteiger charge is -2.33. The molecule has 1 aliphatic heterocycles. The second-order valence-electron chi connectivity index (χ2n) is 7.95. The maximum atomic E-state index is 14.2. The number of imidazole rings is 1. The fourth-order valence-electron chi connectivity index (χ4n) is 4.29. The third kappa shape index (κ3) is 3.13. The van der Waals surface area contributed by atoms with Gasteiger partial charge in [0.2, 0.25) is 0 Å². The molecule has 0 aliphatic carbocycles. The van der Waals surface area contributed by atoms with Crippen molar-refractivity contribution in [3.05, 3.63) is 70.6 Å². The number of aromatic amines is 1. The van der Waals surface area contributed by atoms with E-state index in [2.05, 4.69) is 15.0 Å². The third-order valence-corrected chi connectivity index (χ3v) is 6.93. The van der Waals surface area contributed by atoms with E-state index in [1.165, 1.54) is 17.4 Å². The molecule has 5 rings (SSSR count). The molecule has 1 saturated heterocycles. The number of rotatable bonds is 3. The first-order chi connectivity index (χ1) is 14.9. The Morgan fingerprint density at radius 1 is 1.16 bits per heavy atom. The largest absolute Gasteiger partial charge is 0.340 e. The number of fused-ring (bicyclic) bond motifs is 1. The van der Waals surface area contributed by atoms with E-state index >= 15 is 0 Å². The number of aromatic nitrogens is 3. The van der Waals surface area contributed by atoms with E-state index in [-0.39, 0.29) is 11.4 Å². The minimum Gasteiger partial charge on any atom is -0.340 e. The number of thiazole rings is 1. The molecule has 4 aromatic rings. The minimum atomic E-state index is -0.985. The highest BCUT2D eigenvalue weighted by atomic mass is 32.1. The summed E-state index contributed by atoms with van der Waals surface area (Å²) in [4.78, 5) is 28.3. The van der Waals surface area contributed by atoms with E-state index in [1.807, 2.05) is 44.2 Å². The van der Waals surface area contributed by atoms with Crippen molar-refractivity contribution < 1.29 is 13.6 Å². The summed E-state index contributed by atoms with van der Waals surface area (Å²) in [6.45, 7) is 4.33. The Hall–Kier alpha value is -3.13. The Bertz CT molecular complexity index is 1300. The maximum absolute atomic E-state index is 14.2. The van der Waals surface area contributed by atoms with Crippen molar-refractivity contribution in [2.45, 2.75) is 32.2 Å². The summed E-state index contributed by atoms with van der Waals surface area (Å²) in [5.74, 6) is -1.66. The minimum absolute atomic E-state index is 0.0509. The highest BCUT2D eigenvalue weighted by Crippen LogP contribution is 2.41. The van der Waals surface area contributed by atoms with Gasteiger partial charge in [-0.1, -0.05) is 30.3 Å². The first-order valence-corrected chi connectivity index (χ1v) is 10.9. The molecule has 1 N–H and O–H groups in total. The molecule has 0 unspecified atom stereocenters. The van der Waals surface area contributed by atoms with Crippen LogP contribution in [0, 0.1) is 18.6 Å². The average molecular weight is 439 g/mol. The molecule has 1 fully saturated rings. The molecule has 1 amide bonds. The van der Waals surface area contributed by atoms with Crippen LogP contribution >= 0.6 is 11.3 Å². The molecule has 3 heterocycles. The van der Waals surface area contributed by atoms with E-state index in [0.717, 1.165) is 27.9 Å². The number of aryl methyl sites for hydroxylation is 1. The number of nitrogens with zero attached hydrogens (tertiary/aromatic N) is 3. The Labute approximate surface area is 181 Å². The van der Waals surface area contributed by atoms with E-state index < -0.39 is 17.2 Å². The number of carbonyl (C=O) groups excluding carboxylic acids is 1. The number of likely N-dealkylation sites (tertiary alicyclic amines) is 1. The van der Waals surface area contributed by atoms with Gasteiger partial charge in [0.15, 0.2) is 11.6 Å². The summed E-state index contributed by atoms with van der Waals surface area (Å²) >= 11 is 1.48. The normalized spacial score (nSPS) is 18.8. The van der Waals surface area contributed by atoms with Crippen LogP contribution in [-0.4, -0.2) is 32.3 Å². The Morgan fingerprint density at radius 2 is 1.94 bits per heavy atom. The lowest BCUT2D eigenvalue weighted by molar-refractivity contribution is 0.0601. The molecule has 0 radical (unpaired) electrons. The summed E-state index contributed by atoms with van der Waals surface area (Å²) < 4.78 is 27.9. The second kappa shape index (κ2) is 7.23. The van der Waals surface area contributed by atoms with Crippen molar-refractivity contribution in [3.8, 4) is 10.4 Å². The highest BCUT2D eigenvalue weighted by molar-refractivity contribution is 7.15. The monoisotopic (exact) mass is 438 g/mol. The zero-order valence-corrected chi connectivity index (χ0v) is 17.9. The number of nitrogens with one attached hydrogen (secondary N) is 1. The van der Waals surface area contributed by atoms with Crippen LogP contribution in [0.25, 0.3) is 21.5 Å². The quantitative estimate of drug-likeness (QED) is 0.464. The van der Waals surface area contributed by atoms with Crippen molar-refractivity contribution in [1.82, 2.24) is 19.9 Å². The molecule has 2 aromatic carbocycles. The van der Waals surface area contributed by atoms with Gasteiger partial charge in [0, 0.05) is 6.54 Å². The molecule has 0 spiro atoms. The zero-order valence-electron chi connectivity index (χ0n) is 17.1. The van der Waals surface area contributed by atoms with E-state index in [9.17, 15) is 13.6 Å². The summed E-state index contributed by atoms with van der Waals surface area (Å²) in [5.41, 5.74) is 0.938. The Kier molecular flexibility index (Phi) is 4.62. The average Bonchev–Trinajstić information content (AvgIpc) is 3.48. The number of H-pyrrole nitrogens is 1. The SMILES string of the molecule is Cc1nc(C(=O)N2CCC[C@@]2(C)c2nc3c(F)c(F)ccc3[nH]2)c(-c2ccccc2)s1. The molecule has 2 aromatic heterocycles. The summed E-state index contributed by atoms with van der Waals surface area (Å²) in [6.07, 6.45) is 1.44. The van der Waals surface area contributed by atoms with E-state index in [0.29, 0.717) is 30.0 Å². The second-order valence-corrected chi connectivity index (χ2v) is 9.16. The van der Waals surface area contributed by atoms with Crippen molar-refractivity contribution in [3.63, 3.8) is 0 Å². The molecule has 158 valence electrons. The molecule has 0 saturated carbocycles. The van der Waals surface area contributed by atoms with Gasteiger partial charge in [-0.2, -0.15) is 0 Å². The van der Waals surface area contributed by atoms with Gasteiger partial charge in [0.05, 0.1) is 20.9 Å². The molecular formula is C23H20F2N4OS. The van der Waals surface area contributed by atoms with Crippen molar-refractivity contribution in [1.29, 1.82) is 0 Å². The lowest BCUT2D eigenvalue weighted by Crippen LogP contribution is -2.44. The molecular weight excluding hydrogens is 418 g/mol. The number of carbonyl (C=O) groups is 1. The van der Waals surface area contributed by atoms with Crippen molar-refractivity contribution in [2.24, 2.45) is 0 Å². The van der Waals surface area contributed by atoms with Gasteiger partial charge in [0.1, 0.15) is 17.0 Å². The van der Waals surface area contributed by atoms with Crippen LogP contribution in [0.5, 0.6) is 0 Å². The van der Waals surface area contributed by atoms with E-state index in [4.69, 9.17) is 0 Å². The standard InChI is InChI=1S/C23H20F2N4OS/c1-13-26-19(20(31-13)14-7-4-3-5-8-14)21(30)29-12-6-11-23(29,2)22-27-16-10-9-15(24)17(25)18(16)28-22/h3-5,7-10H,6,11-12H2,1-2H3,(H,27,28)/t23-/m0/s1. The maximum Gasteiger partial charge on any atom is 0.274 e. The van der Waals surface area contributed by atoms with Crippen LogP contribution in [0.1, 0.15) is 41.1 Å². The molecule has 31 heavy (non-hydrogen) atoms. The number of amides is 1. The van der Waals surface area contributed by atoms with Gasteiger partial charge < -0.3 is 9.88 Å². The fraction of sp³-hybridized carbons (Fsp3) is 0.261. The van der Waals surface area contributed by atoms with Crippen LogP contribution < -0.4 is 0 Å². The van der Waals surface area contributed by atoms with Gasteiger partial charge in [-0.25, -0.2) is 18.7 Å². The third-order valence-electron chi connectivity index (χ3n) is 5.91. The van der Waals surface area contributed by atoms with Gasteiger partial charge in [0.25, 0.3) is 5.91 Å². The van der Waals surface area contributed by atoms with Gasteiger partial charge in [-0.15, -0.1) is 11.3 Å². The first-order valence-electron chi connectivity index (χ1n) is 10.1. The molecule has 0 bridgehead atoms. The van der Waals surface area contributed by atoms with Gasteiger partial charge in [-0.3, -0.25) is 4.79 Å². The molecule has 1 atom stereocenters. The number of hydrogen-bond donors (Lipinski definition) is 1. The van der Waals surface area contributed by atoms with Crippen LogP contribution in [0.2, 0.25) is 0 Å². The molecule has 1 aliphatic rings. The van der Waals surface area contributed by atoms with Gasteiger partial charge >= 0.3 is 0 Å².